The number of nitrogens with two attached hydrogens (primary N) is 2. The SMILES string of the molecule is CC(CN1CCCC1)Cn1cc2cc(N)c(N)cc2c1O. The summed E-state index contributed by atoms with van der Waals surface area (Å²) >= 11 is 0. The third kappa shape index (κ3) is 2.78. The van der Waals surface area contributed by atoms with Gasteiger partial charge in [-0.25, -0.2) is 0 Å². The fourth-order valence-electron chi connectivity index (χ4n) is 3.27. The van der Waals surface area contributed by atoms with Crippen LogP contribution in [0.3, 0.4) is 0 Å². The largest absolute Gasteiger partial charge is 0.494 e. The van der Waals surface area contributed by atoms with Crippen molar-refractivity contribution in [3.63, 3.8) is 0 Å². The first-order valence-corrected chi connectivity index (χ1v) is 7.63. The van der Waals surface area contributed by atoms with Gasteiger partial charge in [-0.2, -0.15) is 0 Å². The van der Waals surface area contributed by atoms with Crippen molar-refractivity contribution in [3.8, 4) is 5.88 Å². The standard InChI is InChI=1S/C16H24N4O/c1-11(8-19-4-2-3-5-19)9-20-10-12-6-14(17)15(18)7-13(12)16(20)21/h6-7,10-11,21H,2-5,8-9,17-18H2,1H3. The molecule has 3 rings (SSSR count). The van der Waals surface area contributed by atoms with Gasteiger partial charge in [-0.1, -0.05) is 6.92 Å². The van der Waals surface area contributed by atoms with Crippen molar-refractivity contribution >= 4 is 22.1 Å². The first-order valence-electron chi connectivity index (χ1n) is 7.63. The van der Waals surface area contributed by atoms with Gasteiger partial charge in [-0.05, 0) is 44.0 Å². The van der Waals surface area contributed by atoms with Crippen LogP contribution in [0, 0.1) is 5.92 Å². The van der Waals surface area contributed by atoms with Crippen LogP contribution >= 0.6 is 0 Å². The summed E-state index contributed by atoms with van der Waals surface area (Å²) in [6.07, 6.45) is 4.58. The predicted molar refractivity (Wildman–Crippen MR) is 87.3 cm³/mol. The van der Waals surface area contributed by atoms with Gasteiger partial charge in [0.2, 0.25) is 0 Å². The first kappa shape index (κ1) is 14.1. The maximum absolute atomic E-state index is 10.4. The first-order chi connectivity index (χ1) is 10.0. The van der Waals surface area contributed by atoms with Crippen LogP contribution in [0.15, 0.2) is 18.3 Å². The quantitative estimate of drug-likeness (QED) is 0.754. The van der Waals surface area contributed by atoms with E-state index < -0.39 is 0 Å². The molecule has 1 aliphatic heterocycles. The molecule has 1 unspecified atom stereocenters. The van der Waals surface area contributed by atoms with E-state index in [-0.39, 0.29) is 5.88 Å². The van der Waals surface area contributed by atoms with Crippen LogP contribution in [0.5, 0.6) is 5.88 Å². The molecule has 1 aliphatic rings. The third-order valence-corrected chi connectivity index (χ3v) is 4.34. The van der Waals surface area contributed by atoms with Crippen molar-refractivity contribution in [2.75, 3.05) is 31.1 Å². The molecule has 1 atom stereocenters. The number of nitrogen functional groups attached to an aromatic ring is 2. The van der Waals surface area contributed by atoms with Crippen molar-refractivity contribution in [1.82, 2.24) is 9.47 Å². The van der Waals surface area contributed by atoms with E-state index in [1.807, 2.05) is 16.8 Å². The molecule has 0 spiro atoms. The molecule has 5 nitrogen and oxygen atoms in total. The number of nitrogens with zero attached hydrogens (tertiary/aromatic N) is 2. The molecular weight excluding hydrogens is 264 g/mol. The molecule has 5 N–H and O–H groups in total. The smallest absolute Gasteiger partial charge is 0.199 e. The van der Waals surface area contributed by atoms with Gasteiger partial charge in [0.05, 0.1) is 11.4 Å². The summed E-state index contributed by atoms with van der Waals surface area (Å²) in [7, 11) is 0. The van der Waals surface area contributed by atoms with Gasteiger partial charge in [-0.15, -0.1) is 0 Å². The average molecular weight is 288 g/mol. The van der Waals surface area contributed by atoms with Crippen LogP contribution < -0.4 is 11.5 Å². The van der Waals surface area contributed by atoms with Crippen molar-refractivity contribution in [2.45, 2.75) is 26.3 Å². The van der Waals surface area contributed by atoms with E-state index in [1.54, 1.807) is 6.07 Å². The third-order valence-electron chi connectivity index (χ3n) is 4.34. The monoisotopic (exact) mass is 288 g/mol. The molecule has 1 fully saturated rings. The highest BCUT2D eigenvalue weighted by atomic mass is 16.3. The number of benzene rings is 1. The molecule has 0 bridgehead atoms. The summed E-state index contributed by atoms with van der Waals surface area (Å²) in [5.41, 5.74) is 12.7. The average Bonchev–Trinajstić information content (AvgIpc) is 3.02. The summed E-state index contributed by atoms with van der Waals surface area (Å²) < 4.78 is 1.91. The van der Waals surface area contributed by atoms with E-state index in [1.165, 1.54) is 25.9 Å². The van der Waals surface area contributed by atoms with Crippen LogP contribution in [0.25, 0.3) is 10.8 Å². The Labute approximate surface area is 125 Å². The predicted octanol–water partition coefficient (Wildman–Crippen LogP) is 2.24. The van der Waals surface area contributed by atoms with E-state index in [9.17, 15) is 5.11 Å². The summed E-state index contributed by atoms with van der Waals surface area (Å²) in [4.78, 5) is 2.50. The highest BCUT2D eigenvalue weighted by Crippen LogP contribution is 2.32. The minimum atomic E-state index is 0.282. The minimum Gasteiger partial charge on any atom is -0.494 e. The van der Waals surface area contributed by atoms with Gasteiger partial charge in [0.15, 0.2) is 5.88 Å². The lowest BCUT2D eigenvalue weighted by Gasteiger charge is -2.20. The van der Waals surface area contributed by atoms with Crippen LogP contribution in [0.1, 0.15) is 19.8 Å². The Morgan fingerprint density at radius 2 is 1.81 bits per heavy atom. The number of aromatic nitrogens is 1. The number of likely N-dealkylation sites (tertiary alicyclic amines) is 1. The number of hydrogen-bond donors (Lipinski definition) is 3. The Hall–Kier alpha value is -1.88. The number of hydrogen-bond acceptors (Lipinski definition) is 4. The Kier molecular flexibility index (Phi) is 3.68. The summed E-state index contributed by atoms with van der Waals surface area (Å²) in [5.74, 6) is 0.774. The molecule has 114 valence electrons. The van der Waals surface area contributed by atoms with Crippen molar-refractivity contribution in [1.29, 1.82) is 0 Å². The molecule has 1 aromatic carbocycles. The van der Waals surface area contributed by atoms with E-state index >= 15 is 0 Å². The molecule has 21 heavy (non-hydrogen) atoms. The van der Waals surface area contributed by atoms with E-state index in [2.05, 4.69) is 11.8 Å². The van der Waals surface area contributed by atoms with Crippen LogP contribution in [-0.2, 0) is 6.54 Å². The molecule has 1 aromatic heterocycles. The second kappa shape index (κ2) is 5.48. The fraction of sp³-hybridized carbons (Fsp3) is 0.500. The molecule has 5 heteroatoms. The zero-order chi connectivity index (χ0) is 15.0. The number of aromatic hydroxyl groups is 1. The molecule has 0 aliphatic carbocycles. The van der Waals surface area contributed by atoms with Gasteiger partial charge in [0, 0.05) is 30.1 Å². The molecule has 0 amide bonds. The number of anilines is 2. The topological polar surface area (TPSA) is 80.4 Å². The van der Waals surface area contributed by atoms with Crippen molar-refractivity contribution in [2.24, 2.45) is 5.92 Å². The van der Waals surface area contributed by atoms with E-state index in [0.29, 0.717) is 17.3 Å². The Balaban J connectivity index is 1.78. The summed E-state index contributed by atoms with van der Waals surface area (Å²) in [6.45, 7) is 6.52. The number of fused-ring (bicyclic) bond motifs is 1. The second-order valence-electron chi connectivity index (χ2n) is 6.29. The minimum absolute atomic E-state index is 0.282. The normalized spacial score (nSPS) is 17.6. The van der Waals surface area contributed by atoms with E-state index in [0.717, 1.165) is 23.9 Å². The summed E-state index contributed by atoms with van der Waals surface area (Å²) in [6, 6.07) is 3.58. The maximum Gasteiger partial charge on any atom is 0.199 e. The van der Waals surface area contributed by atoms with E-state index in [4.69, 9.17) is 11.5 Å². The zero-order valence-electron chi connectivity index (χ0n) is 12.5. The van der Waals surface area contributed by atoms with Crippen LogP contribution in [-0.4, -0.2) is 34.2 Å². The molecule has 1 saturated heterocycles. The van der Waals surface area contributed by atoms with Gasteiger partial charge in [0.1, 0.15) is 0 Å². The highest BCUT2D eigenvalue weighted by molar-refractivity contribution is 5.94. The number of rotatable bonds is 4. The molecule has 0 radical (unpaired) electrons. The van der Waals surface area contributed by atoms with Gasteiger partial charge < -0.3 is 26.0 Å². The lowest BCUT2D eigenvalue weighted by atomic mass is 10.1. The Morgan fingerprint density at radius 3 is 2.52 bits per heavy atom. The lowest BCUT2D eigenvalue weighted by Crippen LogP contribution is -2.27. The molecular formula is C16H24N4O. The fourth-order valence-corrected chi connectivity index (χ4v) is 3.27. The molecule has 2 aromatic rings. The maximum atomic E-state index is 10.4. The Morgan fingerprint density at radius 1 is 1.14 bits per heavy atom. The van der Waals surface area contributed by atoms with Crippen molar-refractivity contribution in [3.05, 3.63) is 18.3 Å². The lowest BCUT2D eigenvalue weighted by molar-refractivity contribution is 0.266. The zero-order valence-corrected chi connectivity index (χ0v) is 12.5. The molecule has 2 heterocycles. The summed E-state index contributed by atoms with van der Waals surface area (Å²) in [5, 5.41) is 12.1. The van der Waals surface area contributed by atoms with Crippen LogP contribution in [0.2, 0.25) is 0 Å². The van der Waals surface area contributed by atoms with Crippen molar-refractivity contribution < 1.29 is 5.11 Å². The van der Waals surface area contributed by atoms with Gasteiger partial charge in [-0.3, -0.25) is 0 Å². The molecule has 0 saturated carbocycles. The second-order valence-corrected chi connectivity index (χ2v) is 6.29. The van der Waals surface area contributed by atoms with Gasteiger partial charge >= 0.3 is 0 Å². The highest BCUT2D eigenvalue weighted by Gasteiger charge is 2.17. The Bertz CT molecular complexity index is 643. The van der Waals surface area contributed by atoms with Crippen LogP contribution in [0.4, 0.5) is 11.4 Å². The van der Waals surface area contributed by atoms with Gasteiger partial charge in [0.25, 0.3) is 0 Å².